The van der Waals surface area contributed by atoms with Crippen molar-refractivity contribution in [1.29, 1.82) is 0 Å². The van der Waals surface area contributed by atoms with Gasteiger partial charge in [-0.2, -0.15) is 0 Å². The van der Waals surface area contributed by atoms with E-state index in [1.807, 2.05) is 30.3 Å². The minimum Gasteiger partial charge on any atom is -0.204 e. The Labute approximate surface area is 136 Å². The van der Waals surface area contributed by atoms with Crippen LogP contribution in [0.15, 0.2) is 59.8 Å². The van der Waals surface area contributed by atoms with Gasteiger partial charge in [0.25, 0.3) is 0 Å². The number of benzene rings is 2. The molecule has 2 aromatic rings. The van der Waals surface area contributed by atoms with Gasteiger partial charge in [0.1, 0.15) is 0 Å². The fourth-order valence-corrected chi connectivity index (χ4v) is 3.04. The third-order valence-electron chi connectivity index (χ3n) is 5.27. The number of hydrogen-bond acceptors (Lipinski definition) is 0. The summed E-state index contributed by atoms with van der Waals surface area (Å²) in [5.41, 5.74) is 7.21. The maximum atomic E-state index is 13.7. The first-order valence-corrected chi connectivity index (χ1v) is 7.78. The van der Waals surface area contributed by atoms with Gasteiger partial charge in [-0.15, -0.1) is 5.73 Å². The van der Waals surface area contributed by atoms with Crippen LogP contribution in [0.3, 0.4) is 0 Å². The number of hydrogen-bond donors (Lipinski definition) is 0. The molecule has 1 saturated carbocycles. The highest BCUT2D eigenvalue weighted by atomic mass is 19.2. The monoisotopic (exact) mass is 310 g/mol. The summed E-state index contributed by atoms with van der Waals surface area (Å²) in [4.78, 5) is 0. The fourth-order valence-electron chi connectivity index (χ4n) is 3.04. The highest BCUT2D eigenvalue weighted by molar-refractivity contribution is 5.80. The summed E-state index contributed by atoms with van der Waals surface area (Å²) in [5.74, 6) is -1.67. The third kappa shape index (κ3) is 2.54. The van der Waals surface area contributed by atoms with Crippen molar-refractivity contribution in [3.63, 3.8) is 0 Å². The first-order valence-electron chi connectivity index (χ1n) is 7.78. The molecule has 3 rings (SSSR count). The Balaban J connectivity index is 2.25. The van der Waals surface area contributed by atoms with E-state index in [4.69, 9.17) is 0 Å². The molecule has 0 amide bonds. The van der Waals surface area contributed by atoms with E-state index in [1.165, 1.54) is 17.7 Å². The number of allylic oxidation sites excluding steroid dienone is 1. The summed E-state index contributed by atoms with van der Waals surface area (Å²) in [5, 5.41) is 0. The highest BCUT2D eigenvalue weighted by Gasteiger charge is 2.60. The summed E-state index contributed by atoms with van der Waals surface area (Å²) in [7, 11) is 0. The second-order valence-corrected chi connectivity index (χ2v) is 7.12. The van der Waals surface area contributed by atoms with Crippen LogP contribution in [-0.2, 0) is 0 Å². The second kappa shape index (κ2) is 5.18. The molecule has 0 nitrogen and oxygen atoms in total. The molecule has 0 aliphatic heterocycles. The van der Waals surface area contributed by atoms with E-state index in [0.717, 1.165) is 11.1 Å². The topological polar surface area (TPSA) is 0 Å². The van der Waals surface area contributed by atoms with Gasteiger partial charge in [0, 0.05) is 16.4 Å². The van der Waals surface area contributed by atoms with Crippen LogP contribution < -0.4 is 0 Å². The smallest absolute Gasteiger partial charge is 0.159 e. The zero-order valence-corrected chi connectivity index (χ0v) is 13.9. The van der Waals surface area contributed by atoms with Crippen molar-refractivity contribution in [2.75, 3.05) is 0 Å². The van der Waals surface area contributed by atoms with Gasteiger partial charge in [-0.3, -0.25) is 0 Å². The summed E-state index contributed by atoms with van der Waals surface area (Å²) >= 11 is 0. The van der Waals surface area contributed by atoms with Gasteiger partial charge in [-0.25, -0.2) is 8.78 Å². The largest absolute Gasteiger partial charge is 0.204 e. The number of halogens is 2. The van der Waals surface area contributed by atoms with E-state index in [1.54, 1.807) is 6.07 Å². The molecule has 0 radical (unpaired) electrons. The SMILES string of the molecule is CC1(C)C(=C=C(c2ccccc2)c2ccc(F)c(F)c2)C1(C)C. The Morgan fingerprint density at radius 1 is 0.783 bits per heavy atom. The minimum absolute atomic E-state index is 0.0611. The van der Waals surface area contributed by atoms with Crippen LogP contribution in [0.25, 0.3) is 5.57 Å². The summed E-state index contributed by atoms with van der Waals surface area (Å²) in [6.07, 6.45) is 0. The summed E-state index contributed by atoms with van der Waals surface area (Å²) in [6.45, 7) is 8.73. The van der Waals surface area contributed by atoms with Gasteiger partial charge in [0.15, 0.2) is 11.6 Å². The molecule has 0 unspecified atom stereocenters. The average molecular weight is 310 g/mol. The van der Waals surface area contributed by atoms with Gasteiger partial charge in [0.05, 0.1) is 0 Å². The van der Waals surface area contributed by atoms with E-state index in [2.05, 4.69) is 33.4 Å². The molecule has 1 fully saturated rings. The Morgan fingerprint density at radius 2 is 1.39 bits per heavy atom. The molecule has 0 saturated heterocycles. The highest BCUT2D eigenvalue weighted by Crippen LogP contribution is 2.67. The first kappa shape index (κ1) is 15.7. The molecular formula is C21H20F2. The van der Waals surface area contributed by atoms with Crippen LogP contribution in [0.1, 0.15) is 38.8 Å². The Kier molecular flexibility index (Phi) is 3.54. The molecule has 0 heterocycles. The van der Waals surface area contributed by atoms with Gasteiger partial charge in [-0.05, 0) is 28.8 Å². The molecule has 0 N–H and O–H groups in total. The predicted octanol–water partition coefficient (Wildman–Crippen LogP) is 5.99. The molecule has 1 aliphatic rings. The van der Waals surface area contributed by atoms with E-state index < -0.39 is 11.6 Å². The van der Waals surface area contributed by atoms with Crippen LogP contribution in [0.5, 0.6) is 0 Å². The molecule has 1 aliphatic carbocycles. The Morgan fingerprint density at radius 3 is 1.91 bits per heavy atom. The molecular weight excluding hydrogens is 290 g/mol. The molecule has 0 aromatic heterocycles. The molecule has 0 atom stereocenters. The standard InChI is InChI=1S/C21H20F2/c1-20(2)19(21(20,3)4)13-16(14-8-6-5-7-9-14)15-10-11-17(22)18(23)12-15/h5-12H,1-4H3. The van der Waals surface area contributed by atoms with E-state index >= 15 is 0 Å². The summed E-state index contributed by atoms with van der Waals surface area (Å²) < 4.78 is 27.0. The second-order valence-electron chi connectivity index (χ2n) is 7.12. The lowest BCUT2D eigenvalue weighted by Gasteiger charge is -2.06. The van der Waals surface area contributed by atoms with Crippen LogP contribution in [0.2, 0.25) is 0 Å². The van der Waals surface area contributed by atoms with Gasteiger partial charge >= 0.3 is 0 Å². The van der Waals surface area contributed by atoms with Gasteiger partial charge in [-0.1, -0.05) is 64.1 Å². The van der Waals surface area contributed by atoms with E-state index in [-0.39, 0.29) is 10.8 Å². The fraction of sp³-hybridized carbons (Fsp3) is 0.286. The van der Waals surface area contributed by atoms with E-state index in [9.17, 15) is 8.78 Å². The predicted molar refractivity (Wildman–Crippen MR) is 89.9 cm³/mol. The van der Waals surface area contributed by atoms with Crippen molar-refractivity contribution < 1.29 is 8.78 Å². The zero-order valence-electron chi connectivity index (χ0n) is 13.9. The van der Waals surface area contributed by atoms with Gasteiger partial charge < -0.3 is 0 Å². The quantitative estimate of drug-likeness (QED) is 0.598. The molecule has 2 heteroatoms. The van der Waals surface area contributed by atoms with E-state index in [0.29, 0.717) is 5.56 Å². The normalized spacial score (nSPS) is 17.6. The number of rotatable bonds is 2. The minimum atomic E-state index is -0.836. The van der Waals surface area contributed by atoms with Crippen molar-refractivity contribution in [2.45, 2.75) is 27.7 Å². The molecule has 118 valence electrons. The Hall–Kier alpha value is -2.18. The van der Waals surface area contributed by atoms with Crippen molar-refractivity contribution in [1.82, 2.24) is 0 Å². The van der Waals surface area contributed by atoms with Crippen molar-refractivity contribution in [3.05, 3.63) is 82.6 Å². The average Bonchev–Trinajstić information content (AvgIpc) is 2.90. The maximum Gasteiger partial charge on any atom is 0.159 e. The van der Waals surface area contributed by atoms with Crippen molar-refractivity contribution in [2.24, 2.45) is 10.8 Å². The lowest BCUT2D eigenvalue weighted by Crippen LogP contribution is -1.95. The maximum absolute atomic E-state index is 13.7. The van der Waals surface area contributed by atoms with Crippen molar-refractivity contribution in [3.8, 4) is 0 Å². The van der Waals surface area contributed by atoms with Crippen LogP contribution in [-0.4, -0.2) is 0 Å². The zero-order chi connectivity index (χ0) is 16.8. The first-order chi connectivity index (χ1) is 10.7. The van der Waals surface area contributed by atoms with Crippen LogP contribution in [0.4, 0.5) is 8.78 Å². The summed E-state index contributed by atoms with van der Waals surface area (Å²) in [6, 6.07) is 13.8. The molecule has 0 spiro atoms. The molecule has 23 heavy (non-hydrogen) atoms. The lowest BCUT2D eigenvalue weighted by molar-refractivity contribution is 0.457. The lowest BCUT2D eigenvalue weighted by atomic mass is 9.98. The van der Waals surface area contributed by atoms with Crippen molar-refractivity contribution >= 4 is 5.57 Å². The van der Waals surface area contributed by atoms with Crippen LogP contribution >= 0.6 is 0 Å². The van der Waals surface area contributed by atoms with Crippen LogP contribution in [0, 0.1) is 22.5 Å². The molecule has 0 bridgehead atoms. The molecule has 2 aromatic carbocycles. The third-order valence-corrected chi connectivity index (χ3v) is 5.27. The Bertz CT molecular complexity index is 804. The van der Waals surface area contributed by atoms with Gasteiger partial charge in [0.2, 0.25) is 0 Å².